The molecule has 1 heterocycles. The molecule has 0 spiro atoms. The summed E-state index contributed by atoms with van der Waals surface area (Å²) in [5, 5.41) is 14.5. The van der Waals surface area contributed by atoms with E-state index in [1.54, 1.807) is 6.20 Å². The number of anilines is 1. The van der Waals surface area contributed by atoms with Gasteiger partial charge >= 0.3 is 0 Å². The number of hydrogen-bond acceptors (Lipinski definition) is 2. The highest BCUT2D eigenvalue weighted by molar-refractivity contribution is 6.33. The molecule has 2 aliphatic rings. The molecule has 0 radical (unpaired) electrons. The highest BCUT2D eigenvalue weighted by Gasteiger charge is 2.31. The zero-order valence-corrected chi connectivity index (χ0v) is 20.3. The number of nitrogens with one attached hydrogen (secondary N) is 1. The number of halogens is 1. The van der Waals surface area contributed by atoms with E-state index in [0.29, 0.717) is 10.8 Å². The van der Waals surface area contributed by atoms with Crippen molar-refractivity contribution in [2.75, 3.05) is 5.32 Å². The van der Waals surface area contributed by atoms with E-state index in [1.807, 2.05) is 12.1 Å². The van der Waals surface area contributed by atoms with Gasteiger partial charge in [0.2, 0.25) is 0 Å². The summed E-state index contributed by atoms with van der Waals surface area (Å²) in [6.45, 7) is 4.56. The van der Waals surface area contributed by atoms with Crippen LogP contribution in [0.1, 0.15) is 13.8 Å². The van der Waals surface area contributed by atoms with Crippen LogP contribution in [0, 0.1) is 5.41 Å². The van der Waals surface area contributed by atoms with E-state index in [1.165, 1.54) is 53.9 Å². The van der Waals surface area contributed by atoms with E-state index in [0.717, 1.165) is 5.70 Å². The highest BCUT2D eigenvalue weighted by Crippen LogP contribution is 2.42. The van der Waals surface area contributed by atoms with Gasteiger partial charge in [-0.2, -0.15) is 0 Å². The molecular weight excluding hydrogens is 448 g/mol. The van der Waals surface area contributed by atoms with Gasteiger partial charge in [0, 0.05) is 17.3 Å². The Labute approximate surface area is 208 Å². The summed E-state index contributed by atoms with van der Waals surface area (Å²) in [5.41, 5.74) is 3.46. The van der Waals surface area contributed by atoms with E-state index in [4.69, 9.17) is 11.6 Å². The quantitative estimate of drug-likeness (QED) is 0.278. The molecule has 0 saturated carbocycles. The molecule has 5 aromatic rings. The Hall–Kier alpha value is -3.88. The Bertz CT molecular complexity index is 1910. The number of nitrogens with zero attached hydrogens (tertiary/aromatic N) is 1. The molecule has 0 unspecified atom stereocenters. The number of hydrogen-bond donors (Lipinski definition) is 1. The fraction of sp³-hybridized carbons (Fsp3) is 0.0938. The van der Waals surface area contributed by atoms with Gasteiger partial charge < -0.3 is 5.32 Å². The second kappa shape index (κ2) is 7.31. The third-order valence-electron chi connectivity index (χ3n) is 7.28. The van der Waals surface area contributed by atoms with Crippen molar-refractivity contribution in [2.45, 2.75) is 13.8 Å². The van der Waals surface area contributed by atoms with E-state index < -0.39 is 0 Å². The van der Waals surface area contributed by atoms with Gasteiger partial charge in [0.15, 0.2) is 0 Å². The summed E-state index contributed by atoms with van der Waals surface area (Å²) >= 11 is 6.37. The first-order valence-electron chi connectivity index (χ1n) is 11.9. The van der Waals surface area contributed by atoms with Crippen molar-refractivity contribution in [3.05, 3.63) is 118 Å². The molecule has 2 aliphatic carbocycles. The fourth-order valence-corrected chi connectivity index (χ4v) is 6.06. The van der Waals surface area contributed by atoms with Gasteiger partial charge in [-0.3, -0.25) is 0 Å². The van der Waals surface area contributed by atoms with Crippen LogP contribution in [0.15, 0.2) is 102 Å². The molecule has 2 nitrogen and oxygen atoms in total. The first kappa shape index (κ1) is 20.5. The second-order valence-corrected chi connectivity index (χ2v) is 10.4. The van der Waals surface area contributed by atoms with Crippen LogP contribution in [0.2, 0.25) is 5.02 Å². The Morgan fingerprint density at radius 1 is 0.743 bits per heavy atom. The summed E-state index contributed by atoms with van der Waals surface area (Å²) in [7, 11) is 0. The average Bonchev–Trinajstić information content (AvgIpc) is 3.22. The van der Waals surface area contributed by atoms with Gasteiger partial charge in [-0.05, 0) is 90.3 Å². The molecule has 4 aromatic carbocycles. The fourth-order valence-electron chi connectivity index (χ4n) is 5.89. The van der Waals surface area contributed by atoms with E-state index >= 15 is 0 Å². The molecule has 0 aliphatic heterocycles. The standard InChI is InChI=1S/C32H23ClN2/c1-32(2)18-21(35-31-29(33)12-7-13-34-31)15-20-14-19-16-27-24-10-5-3-8-22(24)23-9-4-6-11-25(23)28(27)17-26(19)30(20)32/h3-18H,1-2H3,(H,34,35). The largest absolute Gasteiger partial charge is 0.339 e. The molecular formula is C32H23ClN2. The molecule has 0 saturated heterocycles. The molecule has 35 heavy (non-hydrogen) atoms. The minimum absolute atomic E-state index is 0.157. The molecule has 1 aromatic heterocycles. The number of allylic oxidation sites excluding steroid dienone is 3. The summed E-state index contributed by atoms with van der Waals surface area (Å²) in [5.74, 6) is 0.677. The Morgan fingerprint density at radius 2 is 1.37 bits per heavy atom. The van der Waals surface area contributed by atoms with Gasteiger partial charge in [-0.1, -0.05) is 80.1 Å². The molecule has 0 fully saturated rings. The smallest absolute Gasteiger partial charge is 0.149 e. The van der Waals surface area contributed by atoms with Crippen molar-refractivity contribution in [3.8, 4) is 0 Å². The lowest BCUT2D eigenvalue weighted by molar-refractivity contribution is 0.639. The van der Waals surface area contributed by atoms with Crippen LogP contribution in [-0.2, 0) is 0 Å². The van der Waals surface area contributed by atoms with Crippen LogP contribution in [0.3, 0.4) is 0 Å². The van der Waals surface area contributed by atoms with Crippen LogP contribution in [0.25, 0.3) is 44.0 Å². The van der Waals surface area contributed by atoms with Crippen molar-refractivity contribution in [1.82, 2.24) is 4.98 Å². The summed E-state index contributed by atoms with van der Waals surface area (Å²) in [6.07, 6.45) is 8.57. The molecule has 0 amide bonds. The predicted molar refractivity (Wildman–Crippen MR) is 149 cm³/mol. The van der Waals surface area contributed by atoms with Crippen molar-refractivity contribution < 1.29 is 0 Å². The zero-order valence-electron chi connectivity index (χ0n) is 19.6. The summed E-state index contributed by atoms with van der Waals surface area (Å²) in [4.78, 5) is 4.41. The Balaban J connectivity index is 1.50. The number of benzene rings is 4. The van der Waals surface area contributed by atoms with Crippen LogP contribution < -0.4 is 15.8 Å². The predicted octanol–water partition coefficient (Wildman–Crippen LogP) is 7.10. The van der Waals surface area contributed by atoms with E-state index in [9.17, 15) is 0 Å². The molecule has 3 heteroatoms. The first-order valence-corrected chi connectivity index (χ1v) is 12.3. The minimum Gasteiger partial charge on any atom is -0.339 e. The van der Waals surface area contributed by atoms with Crippen LogP contribution in [-0.4, -0.2) is 4.98 Å². The lowest BCUT2D eigenvalue weighted by Crippen LogP contribution is -2.28. The lowest BCUT2D eigenvalue weighted by Gasteiger charge is -2.29. The van der Waals surface area contributed by atoms with Gasteiger partial charge in [0.1, 0.15) is 5.82 Å². The zero-order chi connectivity index (χ0) is 23.7. The molecule has 0 bridgehead atoms. The van der Waals surface area contributed by atoms with E-state index in [2.05, 4.69) is 103 Å². The van der Waals surface area contributed by atoms with E-state index in [-0.39, 0.29) is 5.41 Å². The van der Waals surface area contributed by atoms with Crippen molar-refractivity contribution in [1.29, 1.82) is 0 Å². The maximum absolute atomic E-state index is 6.37. The van der Waals surface area contributed by atoms with Crippen LogP contribution in [0.4, 0.5) is 5.82 Å². The third-order valence-corrected chi connectivity index (χ3v) is 7.58. The maximum atomic E-state index is 6.37. The van der Waals surface area contributed by atoms with Gasteiger partial charge in [0.05, 0.1) is 5.02 Å². The maximum Gasteiger partial charge on any atom is 0.149 e. The molecule has 1 N–H and O–H groups in total. The Morgan fingerprint density at radius 3 is 2.03 bits per heavy atom. The summed E-state index contributed by atoms with van der Waals surface area (Å²) in [6, 6.07) is 26.0. The van der Waals surface area contributed by atoms with Gasteiger partial charge in [0.25, 0.3) is 0 Å². The normalized spacial score (nSPS) is 16.0. The number of fused-ring (bicyclic) bond motifs is 8. The Kier molecular flexibility index (Phi) is 4.28. The van der Waals surface area contributed by atoms with Gasteiger partial charge in [-0.15, -0.1) is 0 Å². The van der Waals surface area contributed by atoms with Crippen molar-refractivity contribution in [2.24, 2.45) is 5.41 Å². The minimum atomic E-state index is -0.157. The molecule has 7 rings (SSSR count). The SMILES string of the molecule is CC1(C)C=C(Nc2ncccc2Cl)C=C2C=c3cc4c5ccccc5c5ccccc5c4cc3=C21. The second-order valence-electron chi connectivity index (χ2n) is 9.98. The number of rotatable bonds is 2. The number of aromatic nitrogens is 1. The lowest BCUT2D eigenvalue weighted by atomic mass is 9.76. The summed E-state index contributed by atoms with van der Waals surface area (Å²) < 4.78 is 0. The molecule has 0 atom stereocenters. The van der Waals surface area contributed by atoms with Crippen molar-refractivity contribution in [3.63, 3.8) is 0 Å². The monoisotopic (exact) mass is 470 g/mol. The third kappa shape index (κ3) is 3.07. The van der Waals surface area contributed by atoms with Gasteiger partial charge in [-0.25, -0.2) is 4.98 Å². The average molecular weight is 471 g/mol. The first-order chi connectivity index (χ1) is 17.0. The van der Waals surface area contributed by atoms with Crippen molar-refractivity contribution >= 4 is 61.4 Å². The molecule has 168 valence electrons. The number of pyridine rings is 1. The highest BCUT2D eigenvalue weighted by atomic mass is 35.5. The van der Waals surface area contributed by atoms with Crippen LogP contribution in [0.5, 0.6) is 0 Å². The topological polar surface area (TPSA) is 24.9 Å². The van der Waals surface area contributed by atoms with Crippen LogP contribution >= 0.6 is 11.6 Å².